The lowest BCUT2D eigenvalue weighted by molar-refractivity contribution is 0.477. The summed E-state index contributed by atoms with van der Waals surface area (Å²) in [6.07, 6.45) is 2.85. The van der Waals surface area contributed by atoms with Gasteiger partial charge in [0.15, 0.2) is 5.96 Å². The molecule has 0 radical (unpaired) electrons. The minimum Gasteiger partial charge on any atom is -0.370 e. The maximum Gasteiger partial charge on any atom is 0.243 e. The molecule has 1 aliphatic rings. The maximum atomic E-state index is 12.5. The van der Waals surface area contributed by atoms with E-state index in [-0.39, 0.29) is 0 Å². The van der Waals surface area contributed by atoms with E-state index in [4.69, 9.17) is 5.73 Å². The van der Waals surface area contributed by atoms with Gasteiger partial charge >= 0.3 is 0 Å². The molecule has 3 N–H and O–H groups in total. The van der Waals surface area contributed by atoms with Crippen LogP contribution in [0.4, 0.5) is 5.69 Å². The molecule has 2 aromatic carbocycles. The van der Waals surface area contributed by atoms with E-state index < -0.39 is 10.0 Å². The van der Waals surface area contributed by atoms with Crippen molar-refractivity contribution in [1.82, 2.24) is 4.31 Å². The third kappa shape index (κ3) is 4.87. The van der Waals surface area contributed by atoms with Crippen molar-refractivity contribution >= 4 is 21.7 Å². The van der Waals surface area contributed by atoms with Crippen molar-refractivity contribution in [1.29, 1.82) is 0 Å². The van der Waals surface area contributed by atoms with Gasteiger partial charge in [-0.1, -0.05) is 31.2 Å². The Morgan fingerprint density at radius 2 is 1.63 bits per heavy atom. The standard InChI is InChI=1S/C20H26N4O2S/c1-2-16-5-9-18(10-6-16)23-20(21)22-15-17-7-11-19(12-8-17)27(25,26)24-13-3-4-14-24/h5-12H,2-4,13-15H2,1H3,(H3,21,22,23). The predicted molar refractivity (Wildman–Crippen MR) is 109 cm³/mol. The highest BCUT2D eigenvalue weighted by molar-refractivity contribution is 7.89. The zero-order chi connectivity index (χ0) is 19.3. The van der Waals surface area contributed by atoms with E-state index in [1.165, 1.54) is 5.56 Å². The summed E-state index contributed by atoms with van der Waals surface area (Å²) < 4.78 is 26.6. The predicted octanol–water partition coefficient (Wildman–Crippen LogP) is 2.96. The first-order chi connectivity index (χ1) is 13.0. The van der Waals surface area contributed by atoms with Crippen LogP contribution in [-0.2, 0) is 23.0 Å². The van der Waals surface area contributed by atoms with Crippen molar-refractivity contribution in [3.63, 3.8) is 0 Å². The number of benzene rings is 2. The number of nitrogens with zero attached hydrogens (tertiary/aromatic N) is 2. The smallest absolute Gasteiger partial charge is 0.243 e. The van der Waals surface area contributed by atoms with Gasteiger partial charge in [-0.15, -0.1) is 0 Å². The molecule has 0 amide bonds. The van der Waals surface area contributed by atoms with Crippen LogP contribution in [0.2, 0.25) is 0 Å². The van der Waals surface area contributed by atoms with Crippen molar-refractivity contribution in [2.75, 3.05) is 18.4 Å². The van der Waals surface area contributed by atoms with E-state index in [0.717, 1.165) is 30.5 Å². The summed E-state index contributed by atoms with van der Waals surface area (Å²) >= 11 is 0. The highest BCUT2D eigenvalue weighted by Gasteiger charge is 2.26. The van der Waals surface area contributed by atoms with Crippen LogP contribution >= 0.6 is 0 Å². The Morgan fingerprint density at radius 3 is 2.22 bits per heavy atom. The Labute approximate surface area is 161 Å². The van der Waals surface area contributed by atoms with Crippen molar-refractivity contribution in [3.05, 3.63) is 59.7 Å². The Balaban J connectivity index is 1.61. The number of sulfonamides is 1. The summed E-state index contributed by atoms with van der Waals surface area (Å²) in [4.78, 5) is 4.66. The van der Waals surface area contributed by atoms with Gasteiger partial charge in [0.25, 0.3) is 0 Å². The summed E-state index contributed by atoms with van der Waals surface area (Å²) in [7, 11) is -3.37. The normalized spacial score (nSPS) is 15.8. The molecule has 6 nitrogen and oxygen atoms in total. The third-order valence-corrected chi connectivity index (χ3v) is 6.61. The average Bonchev–Trinajstić information content (AvgIpc) is 3.23. The summed E-state index contributed by atoms with van der Waals surface area (Å²) in [5.74, 6) is 0.327. The molecule has 0 unspecified atom stereocenters. The topological polar surface area (TPSA) is 87.8 Å². The van der Waals surface area contributed by atoms with Gasteiger partial charge in [0, 0.05) is 18.8 Å². The second-order valence-corrected chi connectivity index (χ2v) is 8.57. The van der Waals surface area contributed by atoms with Crippen LogP contribution in [-0.4, -0.2) is 31.8 Å². The lowest BCUT2D eigenvalue weighted by atomic mass is 10.1. The van der Waals surface area contributed by atoms with Crippen LogP contribution in [0.15, 0.2) is 58.4 Å². The molecular weight excluding hydrogens is 360 g/mol. The van der Waals surface area contributed by atoms with Gasteiger partial charge in [0.2, 0.25) is 10.0 Å². The van der Waals surface area contributed by atoms with Crippen LogP contribution in [0.1, 0.15) is 30.9 Å². The zero-order valence-electron chi connectivity index (χ0n) is 15.6. The number of hydrogen-bond donors (Lipinski definition) is 2. The molecule has 144 valence electrons. The van der Waals surface area contributed by atoms with Gasteiger partial charge in [0.05, 0.1) is 11.4 Å². The van der Waals surface area contributed by atoms with E-state index in [1.807, 2.05) is 12.1 Å². The average molecular weight is 387 g/mol. The number of anilines is 1. The Bertz CT molecular complexity index is 885. The molecule has 0 spiro atoms. The molecule has 2 aromatic rings. The Morgan fingerprint density at radius 1 is 1.04 bits per heavy atom. The highest BCUT2D eigenvalue weighted by atomic mass is 32.2. The first-order valence-corrected chi connectivity index (χ1v) is 10.7. The largest absolute Gasteiger partial charge is 0.370 e. The summed E-state index contributed by atoms with van der Waals surface area (Å²) in [6, 6.07) is 14.9. The molecule has 0 bridgehead atoms. The number of rotatable bonds is 6. The van der Waals surface area contributed by atoms with E-state index >= 15 is 0 Å². The second kappa shape index (κ2) is 8.54. The fourth-order valence-corrected chi connectivity index (χ4v) is 4.55. The minimum atomic E-state index is -3.37. The van der Waals surface area contributed by atoms with Crippen molar-refractivity contribution in [2.24, 2.45) is 10.7 Å². The van der Waals surface area contributed by atoms with Crippen LogP contribution in [0.5, 0.6) is 0 Å². The third-order valence-electron chi connectivity index (χ3n) is 4.69. The molecule has 1 fully saturated rings. The molecule has 0 saturated carbocycles. The number of aliphatic imine (C=N–C) groups is 1. The molecular formula is C20H26N4O2S. The lowest BCUT2D eigenvalue weighted by Gasteiger charge is -2.15. The van der Waals surface area contributed by atoms with E-state index in [9.17, 15) is 8.42 Å². The molecule has 1 heterocycles. The SMILES string of the molecule is CCc1ccc(NC(N)=NCc2ccc(S(=O)(=O)N3CCCC3)cc2)cc1. The van der Waals surface area contributed by atoms with Gasteiger partial charge in [-0.25, -0.2) is 13.4 Å². The molecule has 1 saturated heterocycles. The quantitative estimate of drug-likeness (QED) is 0.590. The lowest BCUT2D eigenvalue weighted by Crippen LogP contribution is -2.27. The fourth-order valence-electron chi connectivity index (χ4n) is 3.03. The molecule has 27 heavy (non-hydrogen) atoms. The number of nitrogens with two attached hydrogens (primary N) is 1. The van der Waals surface area contributed by atoms with Crippen molar-refractivity contribution < 1.29 is 8.42 Å². The fraction of sp³-hybridized carbons (Fsp3) is 0.350. The first kappa shape index (κ1) is 19.4. The molecule has 0 aromatic heterocycles. The number of nitrogens with one attached hydrogen (secondary N) is 1. The van der Waals surface area contributed by atoms with Gasteiger partial charge in [-0.05, 0) is 54.7 Å². The Hall–Kier alpha value is -2.38. The Kier molecular flexibility index (Phi) is 6.13. The molecule has 3 rings (SSSR count). The van der Waals surface area contributed by atoms with Crippen LogP contribution in [0.25, 0.3) is 0 Å². The molecule has 7 heteroatoms. The second-order valence-electron chi connectivity index (χ2n) is 6.63. The van der Waals surface area contributed by atoms with Gasteiger partial charge in [-0.2, -0.15) is 4.31 Å². The van der Waals surface area contributed by atoms with Crippen molar-refractivity contribution in [3.8, 4) is 0 Å². The minimum absolute atomic E-state index is 0.327. The van der Waals surface area contributed by atoms with Gasteiger partial charge in [-0.3, -0.25) is 0 Å². The molecule has 0 atom stereocenters. The van der Waals surface area contributed by atoms with Crippen LogP contribution < -0.4 is 11.1 Å². The summed E-state index contributed by atoms with van der Waals surface area (Å²) in [5.41, 5.74) is 9.00. The van der Waals surface area contributed by atoms with Gasteiger partial charge < -0.3 is 11.1 Å². The van der Waals surface area contributed by atoms with Crippen LogP contribution in [0.3, 0.4) is 0 Å². The van der Waals surface area contributed by atoms with E-state index in [2.05, 4.69) is 29.4 Å². The summed E-state index contributed by atoms with van der Waals surface area (Å²) in [5, 5.41) is 3.06. The van der Waals surface area contributed by atoms with E-state index in [1.54, 1.807) is 28.6 Å². The summed E-state index contributed by atoms with van der Waals surface area (Å²) in [6.45, 7) is 3.71. The van der Waals surface area contributed by atoms with Crippen molar-refractivity contribution in [2.45, 2.75) is 37.6 Å². The molecule has 0 aliphatic carbocycles. The number of hydrogen-bond acceptors (Lipinski definition) is 3. The monoisotopic (exact) mass is 386 g/mol. The van der Waals surface area contributed by atoms with Gasteiger partial charge in [0.1, 0.15) is 0 Å². The highest BCUT2D eigenvalue weighted by Crippen LogP contribution is 2.21. The number of guanidine groups is 1. The van der Waals surface area contributed by atoms with E-state index in [0.29, 0.717) is 30.5 Å². The maximum absolute atomic E-state index is 12.5. The first-order valence-electron chi connectivity index (χ1n) is 9.24. The van der Waals surface area contributed by atoms with Crippen LogP contribution in [0, 0.1) is 0 Å². The molecule has 1 aliphatic heterocycles. The zero-order valence-corrected chi connectivity index (χ0v) is 16.4. The number of aryl methyl sites for hydroxylation is 1.